The second kappa shape index (κ2) is 6.61. The third kappa shape index (κ3) is 4.06. The summed E-state index contributed by atoms with van der Waals surface area (Å²) in [6.45, 7) is 5.47. The van der Waals surface area contributed by atoms with Crippen molar-refractivity contribution < 1.29 is 4.74 Å². The molecule has 0 bridgehead atoms. The molecule has 0 aromatic carbocycles. The fourth-order valence-electron chi connectivity index (χ4n) is 2.77. The molecule has 16 heavy (non-hydrogen) atoms. The number of hydrogen-bond acceptors (Lipinski definition) is 2. The smallest absolute Gasteiger partial charge is 0.0603 e. The average Bonchev–Trinajstić information content (AvgIpc) is 3.13. The largest absolute Gasteiger partial charge is 0.377 e. The number of ether oxygens (including phenoxy) is 1. The van der Waals surface area contributed by atoms with E-state index in [9.17, 15) is 0 Å². The van der Waals surface area contributed by atoms with Crippen LogP contribution in [0.15, 0.2) is 0 Å². The molecule has 0 aromatic rings. The summed E-state index contributed by atoms with van der Waals surface area (Å²) < 4.78 is 6.03. The topological polar surface area (TPSA) is 21.3 Å². The van der Waals surface area contributed by atoms with Gasteiger partial charge in [0.15, 0.2) is 0 Å². The standard InChI is InChI=1S/C14H27NO/c1-2-13-5-3-4-6-14(13)16-10-9-15-11-12-7-8-12/h12-15H,2-11H2,1H3. The summed E-state index contributed by atoms with van der Waals surface area (Å²) in [4.78, 5) is 0. The highest BCUT2D eigenvalue weighted by atomic mass is 16.5. The lowest BCUT2D eigenvalue weighted by Crippen LogP contribution is -2.31. The van der Waals surface area contributed by atoms with E-state index in [1.54, 1.807) is 0 Å². The third-order valence-electron chi connectivity index (χ3n) is 4.10. The van der Waals surface area contributed by atoms with Crippen molar-refractivity contribution in [3.63, 3.8) is 0 Å². The molecule has 0 aliphatic heterocycles. The fraction of sp³-hybridized carbons (Fsp3) is 1.00. The minimum Gasteiger partial charge on any atom is -0.377 e. The number of nitrogens with one attached hydrogen (secondary N) is 1. The molecule has 0 amide bonds. The van der Waals surface area contributed by atoms with Gasteiger partial charge in [-0.3, -0.25) is 0 Å². The monoisotopic (exact) mass is 225 g/mol. The summed E-state index contributed by atoms with van der Waals surface area (Å²) in [7, 11) is 0. The van der Waals surface area contributed by atoms with E-state index >= 15 is 0 Å². The van der Waals surface area contributed by atoms with Gasteiger partial charge in [-0.2, -0.15) is 0 Å². The molecule has 2 rings (SSSR count). The van der Waals surface area contributed by atoms with Crippen LogP contribution in [-0.4, -0.2) is 25.8 Å². The first-order valence-electron chi connectivity index (χ1n) is 7.22. The molecular formula is C14H27NO. The Hall–Kier alpha value is -0.0800. The average molecular weight is 225 g/mol. The van der Waals surface area contributed by atoms with Crippen molar-refractivity contribution >= 4 is 0 Å². The summed E-state index contributed by atoms with van der Waals surface area (Å²) in [5.41, 5.74) is 0. The highest BCUT2D eigenvalue weighted by Crippen LogP contribution is 2.29. The second-order valence-corrected chi connectivity index (χ2v) is 5.51. The van der Waals surface area contributed by atoms with E-state index < -0.39 is 0 Å². The lowest BCUT2D eigenvalue weighted by molar-refractivity contribution is -0.0102. The Morgan fingerprint density at radius 2 is 1.94 bits per heavy atom. The number of hydrogen-bond donors (Lipinski definition) is 1. The third-order valence-corrected chi connectivity index (χ3v) is 4.10. The summed E-state index contributed by atoms with van der Waals surface area (Å²) in [6.07, 6.45) is 10.2. The molecule has 2 heteroatoms. The Labute approximate surface area is 100 Å². The molecule has 2 nitrogen and oxygen atoms in total. The Morgan fingerprint density at radius 3 is 2.69 bits per heavy atom. The van der Waals surface area contributed by atoms with E-state index in [4.69, 9.17) is 4.74 Å². The van der Waals surface area contributed by atoms with Gasteiger partial charge in [-0.1, -0.05) is 26.2 Å². The molecule has 0 radical (unpaired) electrons. The molecule has 2 aliphatic carbocycles. The summed E-state index contributed by atoms with van der Waals surface area (Å²) >= 11 is 0. The van der Waals surface area contributed by atoms with Crippen molar-refractivity contribution in [2.24, 2.45) is 11.8 Å². The van der Waals surface area contributed by atoms with Crippen LogP contribution in [-0.2, 0) is 4.74 Å². The van der Waals surface area contributed by atoms with E-state index in [0.717, 1.165) is 25.0 Å². The maximum atomic E-state index is 6.03. The zero-order valence-corrected chi connectivity index (χ0v) is 10.7. The van der Waals surface area contributed by atoms with Crippen LogP contribution in [0.2, 0.25) is 0 Å². The van der Waals surface area contributed by atoms with Gasteiger partial charge in [-0.15, -0.1) is 0 Å². The van der Waals surface area contributed by atoms with Crippen LogP contribution in [0.4, 0.5) is 0 Å². The first kappa shape index (κ1) is 12.4. The van der Waals surface area contributed by atoms with Crippen LogP contribution in [0.3, 0.4) is 0 Å². The molecule has 0 saturated heterocycles. The van der Waals surface area contributed by atoms with E-state index in [1.165, 1.54) is 51.5 Å². The Morgan fingerprint density at radius 1 is 1.12 bits per heavy atom. The van der Waals surface area contributed by atoms with Gasteiger partial charge in [0, 0.05) is 6.54 Å². The Kier molecular flexibility index (Phi) is 5.11. The normalized spacial score (nSPS) is 30.6. The molecule has 1 N–H and O–H groups in total. The van der Waals surface area contributed by atoms with Crippen molar-refractivity contribution in [1.29, 1.82) is 0 Å². The van der Waals surface area contributed by atoms with Gasteiger partial charge in [0.1, 0.15) is 0 Å². The van der Waals surface area contributed by atoms with E-state index in [1.807, 2.05) is 0 Å². The van der Waals surface area contributed by atoms with Gasteiger partial charge in [0.25, 0.3) is 0 Å². The van der Waals surface area contributed by atoms with Crippen LogP contribution in [0.25, 0.3) is 0 Å². The van der Waals surface area contributed by atoms with Crippen LogP contribution in [0, 0.1) is 11.8 Å². The van der Waals surface area contributed by atoms with Gasteiger partial charge >= 0.3 is 0 Å². The molecule has 2 atom stereocenters. The van der Waals surface area contributed by atoms with Crippen molar-refractivity contribution in [2.45, 2.75) is 58.0 Å². The number of rotatable bonds is 7. The fourth-order valence-corrected chi connectivity index (χ4v) is 2.77. The van der Waals surface area contributed by atoms with Crippen LogP contribution in [0.1, 0.15) is 51.9 Å². The van der Waals surface area contributed by atoms with Crippen LogP contribution in [0.5, 0.6) is 0 Å². The minimum atomic E-state index is 0.557. The molecule has 0 aromatic heterocycles. The predicted molar refractivity (Wildman–Crippen MR) is 67.6 cm³/mol. The highest BCUT2D eigenvalue weighted by molar-refractivity contribution is 4.76. The molecule has 94 valence electrons. The maximum Gasteiger partial charge on any atom is 0.0603 e. The zero-order chi connectivity index (χ0) is 11.2. The molecule has 2 fully saturated rings. The summed E-state index contributed by atoms with van der Waals surface area (Å²) in [5.74, 6) is 1.82. The summed E-state index contributed by atoms with van der Waals surface area (Å²) in [6, 6.07) is 0. The van der Waals surface area contributed by atoms with Gasteiger partial charge in [0.2, 0.25) is 0 Å². The van der Waals surface area contributed by atoms with Gasteiger partial charge in [-0.25, -0.2) is 0 Å². The lowest BCUT2D eigenvalue weighted by atomic mass is 9.85. The molecular weight excluding hydrogens is 198 g/mol. The van der Waals surface area contributed by atoms with Crippen molar-refractivity contribution in [3.8, 4) is 0 Å². The van der Waals surface area contributed by atoms with E-state index in [-0.39, 0.29) is 0 Å². The Balaban J connectivity index is 1.52. The molecule has 2 unspecified atom stereocenters. The summed E-state index contributed by atoms with van der Waals surface area (Å²) in [5, 5.41) is 3.49. The lowest BCUT2D eigenvalue weighted by Gasteiger charge is -2.30. The maximum absolute atomic E-state index is 6.03. The van der Waals surface area contributed by atoms with Crippen LogP contribution >= 0.6 is 0 Å². The van der Waals surface area contributed by atoms with Gasteiger partial charge in [-0.05, 0) is 44.1 Å². The minimum absolute atomic E-state index is 0.557. The van der Waals surface area contributed by atoms with Crippen molar-refractivity contribution in [3.05, 3.63) is 0 Å². The molecule has 2 saturated carbocycles. The molecule has 2 aliphatic rings. The van der Waals surface area contributed by atoms with Crippen LogP contribution < -0.4 is 5.32 Å². The Bertz CT molecular complexity index is 191. The van der Waals surface area contributed by atoms with Crippen molar-refractivity contribution in [2.75, 3.05) is 19.7 Å². The van der Waals surface area contributed by atoms with Crippen molar-refractivity contribution in [1.82, 2.24) is 5.32 Å². The first-order valence-corrected chi connectivity index (χ1v) is 7.22. The zero-order valence-electron chi connectivity index (χ0n) is 10.7. The SMILES string of the molecule is CCC1CCCCC1OCCNCC1CC1. The highest BCUT2D eigenvalue weighted by Gasteiger charge is 2.24. The first-order chi connectivity index (χ1) is 7.90. The molecule has 0 spiro atoms. The van der Waals surface area contributed by atoms with E-state index in [2.05, 4.69) is 12.2 Å². The predicted octanol–water partition coefficient (Wildman–Crippen LogP) is 2.97. The van der Waals surface area contributed by atoms with Gasteiger partial charge < -0.3 is 10.1 Å². The second-order valence-electron chi connectivity index (χ2n) is 5.51. The quantitative estimate of drug-likeness (QED) is 0.673. The van der Waals surface area contributed by atoms with E-state index in [0.29, 0.717) is 6.10 Å². The van der Waals surface area contributed by atoms with Gasteiger partial charge in [0.05, 0.1) is 12.7 Å². The molecule has 0 heterocycles.